The fourth-order valence-corrected chi connectivity index (χ4v) is 5.48. The van der Waals surface area contributed by atoms with Gasteiger partial charge in [-0.25, -0.2) is 4.79 Å². The van der Waals surface area contributed by atoms with Crippen molar-refractivity contribution in [2.75, 3.05) is 4.31 Å². The van der Waals surface area contributed by atoms with Gasteiger partial charge in [0.1, 0.15) is 0 Å². The van der Waals surface area contributed by atoms with E-state index in [1.807, 2.05) is 52.0 Å². The topological polar surface area (TPSA) is 83.9 Å². The van der Waals surface area contributed by atoms with E-state index >= 15 is 0 Å². The van der Waals surface area contributed by atoms with Gasteiger partial charge in [-0.15, -0.1) is 4.31 Å². The fraction of sp³-hybridized carbons (Fsp3) is 0.581. The number of para-hydroxylation sites is 2. The van der Waals surface area contributed by atoms with E-state index in [-0.39, 0.29) is 34.1 Å². The molecule has 0 spiro atoms. The smallest absolute Gasteiger partial charge is 0.428 e. The molecule has 0 fully saturated rings. The molecule has 1 amide bonds. The van der Waals surface area contributed by atoms with Crippen LogP contribution in [0.15, 0.2) is 36.4 Å². The molecule has 0 aliphatic rings. The molecule has 0 unspecified atom stereocenters. The van der Waals surface area contributed by atoms with Gasteiger partial charge in [-0.1, -0.05) is 106 Å². The number of aryl methyl sites for hydroxylation is 2. The van der Waals surface area contributed by atoms with Crippen molar-refractivity contribution in [3.63, 3.8) is 0 Å². The van der Waals surface area contributed by atoms with E-state index in [4.69, 9.17) is 4.18 Å². The average molecular weight is 546 g/mol. The minimum absolute atomic E-state index is 0.0348. The van der Waals surface area contributed by atoms with Crippen LogP contribution in [0.4, 0.5) is 10.5 Å². The summed E-state index contributed by atoms with van der Waals surface area (Å²) in [6.45, 7) is 20.5. The zero-order valence-corrected chi connectivity index (χ0v) is 25.7. The number of carboxylic acid groups (broad SMARTS) is 1. The Labute approximate surface area is 230 Å². The lowest BCUT2D eigenvalue weighted by molar-refractivity contribution is 0.205. The molecule has 38 heavy (non-hydrogen) atoms. The minimum atomic E-state index is -4.76. The monoisotopic (exact) mass is 545 g/mol. The first-order chi connectivity index (χ1) is 17.3. The third-order valence-electron chi connectivity index (χ3n) is 6.60. The van der Waals surface area contributed by atoms with Gasteiger partial charge in [0.05, 0.1) is 5.69 Å². The maximum absolute atomic E-state index is 13.9. The molecule has 2 rings (SSSR count). The Morgan fingerprint density at radius 2 is 1.21 bits per heavy atom. The first-order valence-corrected chi connectivity index (χ1v) is 14.9. The summed E-state index contributed by atoms with van der Waals surface area (Å²) >= 11 is 0. The molecule has 0 bridgehead atoms. The molecule has 0 heterocycles. The Bertz CT molecular complexity index is 1160. The Hall–Kier alpha value is -2.54. The van der Waals surface area contributed by atoms with Crippen LogP contribution in [0.1, 0.15) is 116 Å². The summed E-state index contributed by atoms with van der Waals surface area (Å²) in [6.07, 6.45) is 1.28. The molecular weight excluding hydrogens is 498 g/mol. The van der Waals surface area contributed by atoms with Crippen LogP contribution in [0.3, 0.4) is 0 Å². The van der Waals surface area contributed by atoms with E-state index in [0.717, 1.165) is 24.0 Å². The van der Waals surface area contributed by atoms with Crippen LogP contribution in [-0.2, 0) is 23.1 Å². The number of nitrogens with zero attached hydrogens (tertiary/aromatic N) is 1. The van der Waals surface area contributed by atoms with Gasteiger partial charge in [0.15, 0.2) is 5.75 Å². The van der Waals surface area contributed by atoms with Crippen molar-refractivity contribution in [2.45, 2.75) is 107 Å². The van der Waals surface area contributed by atoms with E-state index < -0.39 is 16.4 Å². The molecule has 7 heteroatoms. The van der Waals surface area contributed by atoms with E-state index in [2.05, 4.69) is 41.5 Å². The van der Waals surface area contributed by atoms with E-state index in [9.17, 15) is 18.3 Å². The lowest BCUT2D eigenvalue weighted by atomic mass is 9.86. The lowest BCUT2D eigenvalue weighted by Crippen LogP contribution is -2.40. The van der Waals surface area contributed by atoms with E-state index in [0.29, 0.717) is 28.3 Å². The largest absolute Gasteiger partial charge is 0.464 e. The van der Waals surface area contributed by atoms with Gasteiger partial charge in [0, 0.05) is 0 Å². The van der Waals surface area contributed by atoms with Crippen molar-refractivity contribution in [1.82, 2.24) is 0 Å². The Kier molecular flexibility index (Phi) is 10.1. The van der Waals surface area contributed by atoms with Gasteiger partial charge in [-0.2, -0.15) is 8.42 Å². The summed E-state index contributed by atoms with van der Waals surface area (Å²) in [5.74, 6) is 0.0599. The molecule has 0 aliphatic carbocycles. The van der Waals surface area contributed by atoms with E-state index in [1.165, 1.54) is 0 Å². The van der Waals surface area contributed by atoms with Crippen LogP contribution >= 0.6 is 0 Å². The maximum atomic E-state index is 13.9. The Balaban J connectivity index is 2.71. The van der Waals surface area contributed by atoms with Crippen LogP contribution in [0, 0.1) is 10.8 Å². The summed E-state index contributed by atoms with van der Waals surface area (Å²) in [7, 11) is -4.76. The standard InChI is InChI=1S/C31H47NO5S/c1-21(2)25-15-12-16-26(22(3)4)27(25)32(29(33)34)38(35,36)37-28-23(17-19-30(5,6)7)13-11-14-24(28)18-20-31(8,9)10/h11-16,21-22H,17-20H2,1-10H3,(H,33,34). The molecule has 0 aromatic heterocycles. The van der Waals surface area contributed by atoms with Gasteiger partial charge in [-0.05, 0) is 70.6 Å². The van der Waals surface area contributed by atoms with Crippen LogP contribution in [0.25, 0.3) is 0 Å². The second-order valence-electron chi connectivity index (χ2n) is 13.2. The summed E-state index contributed by atoms with van der Waals surface area (Å²) in [5.41, 5.74) is 3.04. The highest BCUT2D eigenvalue weighted by Crippen LogP contribution is 2.39. The fourth-order valence-electron chi connectivity index (χ4n) is 4.35. The predicted octanol–water partition coefficient (Wildman–Crippen LogP) is 8.70. The average Bonchev–Trinajstić information content (AvgIpc) is 2.75. The molecule has 0 aliphatic heterocycles. The molecule has 0 saturated heterocycles. The molecule has 1 N–H and O–H groups in total. The number of benzene rings is 2. The Morgan fingerprint density at radius 3 is 1.55 bits per heavy atom. The molecule has 2 aromatic rings. The molecule has 6 nitrogen and oxygen atoms in total. The zero-order chi connectivity index (χ0) is 29.1. The SMILES string of the molecule is CC(C)c1cccc(C(C)C)c1N(C(=O)O)S(=O)(=O)Oc1c(CCC(C)(C)C)cccc1CCC(C)(C)C. The highest BCUT2D eigenvalue weighted by Gasteiger charge is 2.37. The van der Waals surface area contributed by atoms with Gasteiger partial charge >= 0.3 is 16.4 Å². The van der Waals surface area contributed by atoms with Crippen molar-refractivity contribution in [3.8, 4) is 5.75 Å². The van der Waals surface area contributed by atoms with Crippen molar-refractivity contribution in [2.24, 2.45) is 10.8 Å². The molecular formula is C31H47NO5S. The number of hydrogen-bond donors (Lipinski definition) is 1. The van der Waals surface area contributed by atoms with Crippen molar-refractivity contribution in [3.05, 3.63) is 58.7 Å². The molecule has 0 radical (unpaired) electrons. The summed E-state index contributed by atoms with van der Waals surface area (Å²) in [4.78, 5) is 12.6. The van der Waals surface area contributed by atoms with Gasteiger partial charge < -0.3 is 9.29 Å². The normalized spacial score (nSPS) is 12.7. The summed E-state index contributed by atoms with van der Waals surface area (Å²) < 4.78 is 34.1. The second kappa shape index (κ2) is 12.1. The second-order valence-corrected chi connectivity index (χ2v) is 14.6. The van der Waals surface area contributed by atoms with Gasteiger partial charge in [0.2, 0.25) is 0 Å². The van der Waals surface area contributed by atoms with Crippen molar-refractivity contribution < 1.29 is 22.5 Å². The molecule has 0 saturated carbocycles. The highest BCUT2D eigenvalue weighted by molar-refractivity contribution is 7.89. The Morgan fingerprint density at radius 1 is 0.816 bits per heavy atom. The third kappa shape index (κ3) is 8.48. The molecule has 0 atom stereocenters. The van der Waals surface area contributed by atoms with Crippen LogP contribution in [0.2, 0.25) is 0 Å². The maximum Gasteiger partial charge on any atom is 0.428 e. The number of amides is 1. The predicted molar refractivity (Wildman–Crippen MR) is 157 cm³/mol. The number of carbonyl (C=O) groups is 1. The quantitative estimate of drug-likeness (QED) is 0.323. The first kappa shape index (κ1) is 31.7. The third-order valence-corrected chi connectivity index (χ3v) is 7.76. The number of rotatable bonds is 10. The molecule has 212 valence electrons. The van der Waals surface area contributed by atoms with Crippen molar-refractivity contribution >= 4 is 22.1 Å². The first-order valence-electron chi connectivity index (χ1n) is 13.6. The van der Waals surface area contributed by atoms with Gasteiger partial charge in [-0.3, -0.25) is 0 Å². The van der Waals surface area contributed by atoms with Crippen LogP contribution in [0.5, 0.6) is 5.75 Å². The minimum Gasteiger partial charge on any atom is -0.464 e. The number of hydrogen-bond acceptors (Lipinski definition) is 4. The number of anilines is 1. The van der Waals surface area contributed by atoms with Crippen LogP contribution in [-0.4, -0.2) is 19.6 Å². The van der Waals surface area contributed by atoms with Gasteiger partial charge in [0.25, 0.3) is 0 Å². The zero-order valence-electron chi connectivity index (χ0n) is 24.9. The van der Waals surface area contributed by atoms with Crippen LogP contribution < -0.4 is 8.49 Å². The summed E-state index contributed by atoms with van der Waals surface area (Å²) in [5, 5.41) is 10.3. The highest BCUT2D eigenvalue weighted by atomic mass is 32.2. The van der Waals surface area contributed by atoms with Crippen molar-refractivity contribution in [1.29, 1.82) is 0 Å². The van der Waals surface area contributed by atoms with E-state index in [1.54, 1.807) is 12.1 Å². The molecule has 2 aromatic carbocycles. The summed E-state index contributed by atoms with van der Waals surface area (Å²) in [6, 6.07) is 11.1. The lowest BCUT2D eigenvalue weighted by Gasteiger charge is -2.28.